The van der Waals surface area contributed by atoms with E-state index in [4.69, 9.17) is 9.68 Å². The molecule has 0 radical (unpaired) electrons. The predicted molar refractivity (Wildman–Crippen MR) is 120 cm³/mol. The van der Waals surface area contributed by atoms with Crippen LogP contribution in [0.2, 0.25) is 0 Å². The van der Waals surface area contributed by atoms with Gasteiger partial charge in [-0.05, 0) is 56.1 Å². The van der Waals surface area contributed by atoms with Gasteiger partial charge in [-0.25, -0.2) is 0 Å². The summed E-state index contributed by atoms with van der Waals surface area (Å²) in [6.07, 6.45) is 5.65. The number of fused-ring (bicyclic) bond motifs is 5. The quantitative estimate of drug-likeness (QED) is 0.255. The fraction of sp³-hybridized carbons (Fsp3) is 0.727. The van der Waals surface area contributed by atoms with Gasteiger partial charge in [0, 0.05) is 16.7 Å². The van der Waals surface area contributed by atoms with Crippen LogP contribution in [0.25, 0.3) is 0 Å². The highest BCUT2D eigenvalue weighted by molar-refractivity contribution is 7.86. The fourth-order valence-corrected chi connectivity index (χ4v) is 7.87. The Bertz CT molecular complexity index is 1180. The summed E-state index contributed by atoms with van der Waals surface area (Å²) in [6, 6.07) is 0. The highest BCUT2D eigenvalue weighted by Crippen LogP contribution is 2.68. The molecule has 13 nitrogen and oxygen atoms in total. The van der Waals surface area contributed by atoms with Crippen molar-refractivity contribution in [2.75, 3.05) is 12.9 Å². The van der Waals surface area contributed by atoms with Crippen molar-refractivity contribution in [1.29, 1.82) is 0 Å². The number of carbonyl (C=O) groups excluding carboxylic acids is 2. The van der Waals surface area contributed by atoms with Gasteiger partial charge in [0.25, 0.3) is 20.3 Å². The molecule has 0 aliphatic heterocycles. The molecular formula is C22H28N2O11S. The van der Waals surface area contributed by atoms with Crippen LogP contribution in [0.5, 0.6) is 0 Å². The van der Waals surface area contributed by atoms with Crippen molar-refractivity contribution in [3.63, 3.8) is 0 Å². The second kappa shape index (κ2) is 8.61. The maximum absolute atomic E-state index is 13.4. The first-order chi connectivity index (χ1) is 16.6. The average molecular weight is 529 g/mol. The van der Waals surface area contributed by atoms with E-state index in [1.165, 1.54) is 6.08 Å². The monoisotopic (exact) mass is 528 g/mol. The maximum atomic E-state index is 13.4. The number of hydrogen-bond donors (Lipinski definition) is 0. The van der Waals surface area contributed by atoms with Crippen molar-refractivity contribution < 1.29 is 42.0 Å². The first-order valence-corrected chi connectivity index (χ1v) is 13.4. The third kappa shape index (κ3) is 4.09. The lowest BCUT2D eigenvalue weighted by Crippen LogP contribution is -2.63. The fourth-order valence-electron chi connectivity index (χ4n) is 7.55. The Morgan fingerprint density at radius 2 is 1.89 bits per heavy atom. The van der Waals surface area contributed by atoms with E-state index in [0.717, 1.165) is 11.8 Å². The first kappa shape index (κ1) is 26.2. The molecule has 3 saturated carbocycles. The van der Waals surface area contributed by atoms with E-state index in [1.807, 2.05) is 6.92 Å². The lowest BCUT2D eigenvalue weighted by atomic mass is 9.46. The van der Waals surface area contributed by atoms with Crippen LogP contribution in [0, 0.1) is 48.8 Å². The van der Waals surface area contributed by atoms with Gasteiger partial charge < -0.3 is 4.84 Å². The molecule has 4 aliphatic carbocycles. The molecule has 0 bridgehead atoms. The van der Waals surface area contributed by atoms with Gasteiger partial charge in [0.15, 0.2) is 17.2 Å². The smallest absolute Gasteiger partial charge is 0.295 e. The Hall–Kier alpha value is -2.87. The van der Waals surface area contributed by atoms with Crippen LogP contribution >= 0.6 is 0 Å². The minimum absolute atomic E-state index is 0.0801. The van der Waals surface area contributed by atoms with E-state index in [1.54, 1.807) is 19.1 Å². The van der Waals surface area contributed by atoms with E-state index in [-0.39, 0.29) is 30.5 Å². The maximum Gasteiger partial charge on any atom is 0.295 e. The Labute approximate surface area is 207 Å². The average Bonchev–Trinajstić information content (AvgIpc) is 3.03. The van der Waals surface area contributed by atoms with Crippen molar-refractivity contribution in [3.05, 3.63) is 44.0 Å². The number of allylic oxidation sites excluding steroid dienone is 4. The van der Waals surface area contributed by atoms with Crippen molar-refractivity contribution in [2.45, 2.75) is 57.7 Å². The molecule has 0 aromatic carbocycles. The summed E-state index contributed by atoms with van der Waals surface area (Å²) in [5, 5.41) is 21.1. The highest BCUT2D eigenvalue weighted by atomic mass is 32.2. The van der Waals surface area contributed by atoms with Gasteiger partial charge in [-0.1, -0.05) is 25.5 Å². The predicted octanol–water partition coefficient (Wildman–Crippen LogP) is 1.97. The lowest BCUT2D eigenvalue weighted by molar-refractivity contribution is -0.783. The van der Waals surface area contributed by atoms with Crippen LogP contribution in [0.4, 0.5) is 0 Å². The zero-order valence-corrected chi connectivity index (χ0v) is 20.9. The van der Waals surface area contributed by atoms with Gasteiger partial charge in [-0.15, -0.1) is 20.2 Å². The van der Waals surface area contributed by atoms with Crippen LogP contribution in [-0.4, -0.2) is 54.7 Å². The molecular weight excluding hydrogens is 500 g/mol. The Balaban J connectivity index is 1.80. The van der Waals surface area contributed by atoms with Gasteiger partial charge in [0.05, 0.1) is 6.26 Å². The zero-order chi connectivity index (χ0) is 26.7. The molecule has 36 heavy (non-hydrogen) atoms. The first-order valence-electron chi connectivity index (χ1n) is 11.6. The molecule has 0 saturated heterocycles. The Kier molecular flexibility index (Phi) is 6.27. The molecule has 3 fully saturated rings. The molecule has 198 valence electrons. The van der Waals surface area contributed by atoms with Gasteiger partial charge in [-0.3, -0.25) is 18.6 Å². The second-order valence-electron chi connectivity index (χ2n) is 10.6. The molecule has 4 aliphatic rings. The zero-order valence-electron chi connectivity index (χ0n) is 20.1. The van der Waals surface area contributed by atoms with Gasteiger partial charge in [0.2, 0.25) is 0 Å². The summed E-state index contributed by atoms with van der Waals surface area (Å²) in [4.78, 5) is 58.8. The summed E-state index contributed by atoms with van der Waals surface area (Å²) in [5.41, 5.74) is -3.21. The number of nitrogens with zero attached hydrogens (tertiary/aromatic N) is 2. The molecule has 0 aromatic heterocycles. The van der Waals surface area contributed by atoms with E-state index >= 15 is 0 Å². The van der Waals surface area contributed by atoms with Crippen molar-refractivity contribution in [1.82, 2.24) is 0 Å². The lowest BCUT2D eigenvalue weighted by Gasteiger charge is -2.60. The summed E-state index contributed by atoms with van der Waals surface area (Å²) >= 11 is 0. The summed E-state index contributed by atoms with van der Waals surface area (Å²) < 4.78 is 27.7. The normalized spacial score (nSPS) is 39.3. The number of hydrogen-bond acceptors (Lipinski definition) is 11. The molecule has 4 rings (SSSR count). The highest BCUT2D eigenvalue weighted by Gasteiger charge is 2.71. The van der Waals surface area contributed by atoms with Crippen molar-refractivity contribution in [3.8, 4) is 0 Å². The molecule has 0 aromatic rings. The molecule has 0 amide bonds. The van der Waals surface area contributed by atoms with E-state index in [9.17, 15) is 38.2 Å². The number of Topliss-reactive ketones (excluding diaryl/α,β-unsaturated/α-hetero) is 1. The minimum Gasteiger partial charge on any atom is -0.310 e. The van der Waals surface area contributed by atoms with Crippen LogP contribution in [0.15, 0.2) is 23.8 Å². The van der Waals surface area contributed by atoms with E-state index in [0.29, 0.717) is 19.3 Å². The van der Waals surface area contributed by atoms with Gasteiger partial charge >= 0.3 is 0 Å². The standard InChI is InChI=1S/C22H28N2O11S/c1-20-8-6-14(25)10-13(20)4-5-15-16-7-9-22(35-24(29)30,18(26)12-33-36(3,31)32)21(16,2)11-17(19(15)20)34-23(27)28/h6,8,10,15-17,19H,4-5,7,9,11-12H2,1-3H3/t15-,16-,17-,19+,20-,21-,22-/m0/s1. The van der Waals surface area contributed by atoms with Crippen LogP contribution in [0.3, 0.4) is 0 Å². The number of ketones is 2. The summed E-state index contributed by atoms with van der Waals surface area (Å²) in [6.45, 7) is 2.56. The Morgan fingerprint density at radius 3 is 2.50 bits per heavy atom. The second-order valence-corrected chi connectivity index (χ2v) is 12.2. The van der Waals surface area contributed by atoms with Crippen LogP contribution in [-0.2, 0) is 33.6 Å². The topological polar surface area (TPSA) is 182 Å². The summed E-state index contributed by atoms with van der Waals surface area (Å²) in [5.74, 6) is -2.07. The molecule has 7 atom stereocenters. The molecule has 0 spiro atoms. The van der Waals surface area contributed by atoms with E-state index < -0.39 is 61.1 Å². The van der Waals surface area contributed by atoms with E-state index in [2.05, 4.69) is 4.18 Å². The number of rotatable bonds is 8. The Morgan fingerprint density at radius 1 is 1.19 bits per heavy atom. The summed E-state index contributed by atoms with van der Waals surface area (Å²) in [7, 11) is -4.03. The van der Waals surface area contributed by atoms with Gasteiger partial charge in [0.1, 0.15) is 12.7 Å². The van der Waals surface area contributed by atoms with Gasteiger partial charge in [-0.2, -0.15) is 8.42 Å². The SMILES string of the molecule is C[C@]12C=CC(=O)C=C1CC[C@@H]1[C@@H]2[C@@H](O[N+](=O)[O-])C[C@@]2(C)[C@H]1CC[C@]2(O[N+](=O)[O-])C(=O)COS(C)(=O)=O. The van der Waals surface area contributed by atoms with Crippen molar-refractivity contribution in [2.24, 2.45) is 28.6 Å². The van der Waals surface area contributed by atoms with Crippen LogP contribution in [0.1, 0.15) is 46.0 Å². The minimum atomic E-state index is -4.03. The molecule has 0 N–H and O–H groups in total. The number of carbonyl (C=O) groups is 2. The third-order valence-corrected chi connectivity index (χ3v) is 9.45. The molecule has 0 heterocycles. The molecule has 14 heteroatoms. The van der Waals surface area contributed by atoms with Crippen molar-refractivity contribution >= 4 is 21.7 Å². The molecule has 0 unspecified atom stereocenters. The largest absolute Gasteiger partial charge is 0.310 e. The van der Waals surface area contributed by atoms with Crippen LogP contribution < -0.4 is 0 Å². The third-order valence-electron chi connectivity index (χ3n) is 8.90.